The number of carbonyl (C=O) groups excluding carboxylic acids is 1. The summed E-state index contributed by atoms with van der Waals surface area (Å²) in [6, 6.07) is 0. The summed E-state index contributed by atoms with van der Waals surface area (Å²) in [6.07, 6.45) is 7.97. The van der Waals surface area contributed by atoms with Crippen molar-refractivity contribution in [1.29, 1.82) is 0 Å². The van der Waals surface area contributed by atoms with Gasteiger partial charge in [-0.05, 0) is 6.42 Å². The summed E-state index contributed by atoms with van der Waals surface area (Å²) in [7, 11) is 3.25. The van der Waals surface area contributed by atoms with E-state index in [4.69, 9.17) is 15.9 Å². The fourth-order valence-electron chi connectivity index (χ4n) is 1.57. The maximum Gasteiger partial charge on any atom is 0.120 e. The topological polar surface area (TPSA) is 35.5 Å². The Hall–Kier alpha value is -0.850. The lowest BCUT2D eigenvalue weighted by Crippen LogP contribution is -2.31. The molecule has 0 aliphatic rings. The first-order valence-electron chi connectivity index (χ1n) is 4.59. The Labute approximate surface area is 85.8 Å². The second-order valence-corrected chi connectivity index (χ2v) is 3.45. The molecule has 0 heterocycles. The second-order valence-electron chi connectivity index (χ2n) is 3.45. The van der Waals surface area contributed by atoms with Gasteiger partial charge in [0, 0.05) is 32.5 Å². The van der Waals surface area contributed by atoms with Gasteiger partial charge >= 0.3 is 0 Å². The van der Waals surface area contributed by atoms with Gasteiger partial charge in [-0.1, -0.05) is 0 Å². The molecule has 0 atom stereocenters. The number of carbonyl (C=O) groups is 1. The Bertz CT molecular complexity index is 187. The van der Waals surface area contributed by atoms with Gasteiger partial charge in [-0.3, -0.25) is 0 Å². The molecule has 0 N–H and O–H groups in total. The number of rotatable bonds is 8. The predicted molar refractivity (Wildman–Crippen MR) is 54.9 cm³/mol. The molecule has 0 aliphatic carbocycles. The monoisotopic (exact) mass is 198 g/mol. The summed E-state index contributed by atoms with van der Waals surface area (Å²) in [5.74, 6) is 2.61. The first-order valence-corrected chi connectivity index (χ1v) is 4.59. The van der Waals surface area contributed by atoms with Gasteiger partial charge in [0.2, 0.25) is 0 Å². The number of hydrogen-bond donors (Lipinski definition) is 0. The van der Waals surface area contributed by atoms with Crippen LogP contribution in [-0.4, -0.2) is 33.7 Å². The molecule has 0 spiro atoms. The molecule has 0 fully saturated rings. The van der Waals surface area contributed by atoms with Crippen LogP contribution in [0.2, 0.25) is 0 Å². The summed E-state index contributed by atoms with van der Waals surface area (Å²) in [6.45, 7) is 1.05. The van der Waals surface area contributed by atoms with E-state index in [1.807, 2.05) is 0 Å². The van der Waals surface area contributed by atoms with Crippen LogP contribution in [0, 0.1) is 17.8 Å². The van der Waals surface area contributed by atoms with E-state index < -0.39 is 0 Å². The first-order chi connectivity index (χ1) is 6.74. The van der Waals surface area contributed by atoms with Crippen LogP contribution in [0.5, 0.6) is 0 Å². The highest BCUT2D eigenvalue weighted by Gasteiger charge is 2.28. The molecule has 0 aromatic rings. The van der Waals surface area contributed by atoms with Crippen molar-refractivity contribution < 1.29 is 14.3 Å². The largest absolute Gasteiger partial charge is 0.384 e. The molecule has 3 heteroatoms. The molecule has 0 saturated carbocycles. The summed E-state index contributed by atoms with van der Waals surface area (Å²) < 4.78 is 10.2. The Morgan fingerprint density at radius 3 is 2.29 bits per heavy atom. The highest BCUT2D eigenvalue weighted by atomic mass is 16.5. The van der Waals surface area contributed by atoms with E-state index in [-0.39, 0.29) is 5.41 Å². The molecule has 0 rings (SSSR count). The molecule has 0 unspecified atom stereocenters. The lowest BCUT2D eigenvalue weighted by molar-refractivity contribution is -0.108. The van der Waals surface area contributed by atoms with Crippen molar-refractivity contribution in [2.75, 3.05) is 27.4 Å². The number of hydrogen-bond acceptors (Lipinski definition) is 3. The average molecular weight is 198 g/mol. The van der Waals surface area contributed by atoms with Crippen molar-refractivity contribution in [3.63, 3.8) is 0 Å². The molecule has 0 amide bonds. The SMILES string of the molecule is C#CCC(CCC=O)(COC)COC. The minimum absolute atomic E-state index is 0.209. The van der Waals surface area contributed by atoms with Gasteiger partial charge < -0.3 is 14.3 Å². The smallest absolute Gasteiger partial charge is 0.120 e. The van der Waals surface area contributed by atoms with E-state index in [0.717, 1.165) is 6.29 Å². The van der Waals surface area contributed by atoms with Crippen molar-refractivity contribution in [2.45, 2.75) is 19.3 Å². The van der Waals surface area contributed by atoms with E-state index in [9.17, 15) is 4.79 Å². The van der Waals surface area contributed by atoms with Crippen LogP contribution in [0.4, 0.5) is 0 Å². The quantitative estimate of drug-likeness (QED) is 0.435. The fourth-order valence-corrected chi connectivity index (χ4v) is 1.57. The molecule has 0 aromatic carbocycles. The van der Waals surface area contributed by atoms with Gasteiger partial charge in [-0.15, -0.1) is 12.3 Å². The molecule has 0 radical (unpaired) electrons. The molecule has 0 aromatic heterocycles. The molecule has 80 valence electrons. The highest BCUT2D eigenvalue weighted by molar-refractivity contribution is 5.49. The fraction of sp³-hybridized carbons (Fsp3) is 0.727. The standard InChI is InChI=1S/C11H18O3/c1-4-6-11(9-13-2,10-14-3)7-5-8-12/h1,8H,5-7,9-10H2,2-3H3. The minimum atomic E-state index is -0.209. The lowest BCUT2D eigenvalue weighted by Gasteiger charge is -2.29. The van der Waals surface area contributed by atoms with Gasteiger partial charge in [0.1, 0.15) is 6.29 Å². The summed E-state index contributed by atoms with van der Waals surface area (Å²) >= 11 is 0. The number of aldehydes is 1. The predicted octanol–water partition coefficient (Wildman–Crippen LogP) is 1.27. The zero-order valence-electron chi connectivity index (χ0n) is 8.91. The molecule has 3 nitrogen and oxygen atoms in total. The Morgan fingerprint density at radius 1 is 1.36 bits per heavy atom. The van der Waals surface area contributed by atoms with E-state index in [0.29, 0.717) is 32.5 Å². The lowest BCUT2D eigenvalue weighted by atomic mass is 9.82. The van der Waals surface area contributed by atoms with Crippen LogP contribution >= 0.6 is 0 Å². The van der Waals surface area contributed by atoms with Gasteiger partial charge in [0.05, 0.1) is 13.2 Å². The van der Waals surface area contributed by atoms with Crippen molar-refractivity contribution in [3.8, 4) is 12.3 Å². The maximum absolute atomic E-state index is 10.3. The van der Waals surface area contributed by atoms with Crippen molar-refractivity contribution in [1.82, 2.24) is 0 Å². The molecule has 0 aliphatic heterocycles. The van der Waals surface area contributed by atoms with Gasteiger partial charge in [-0.2, -0.15) is 0 Å². The van der Waals surface area contributed by atoms with Gasteiger partial charge in [0.25, 0.3) is 0 Å². The van der Waals surface area contributed by atoms with Crippen LogP contribution in [0.25, 0.3) is 0 Å². The van der Waals surface area contributed by atoms with Crippen LogP contribution in [-0.2, 0) is 14.3 Å². The molecular weight excluding hydrogens is 180 g/mol. The number of ether oxygens (including phenoxy) is 2. The molecular formula is C11H18O3. The Kier molecular flexibility index (Phi) is 7.09. The maximum atomic E-state index is 10.3. The number of terminal acetylenes is 1. The average Bonchev–Trinajstić information content (AvgIpc) is 2.16. The van der Waals surface area contributed by atoms with Crippen LogP contribution in [0.1, 0.15) is 19.3 Å². The Balaban J connectivity index is 4.38. The van der Waals surface area contributed by atoms with E-state index in [1.54, 1.807) is 14.2 Å². The second kappa shape index (κ2) is 7.54. The van der Waals surface area contributed by atoms with Crippen LogP contribution < -0.4 is 0 Å². The van der Waals surface area contributed by atoms with Crippen molar-refractivity contribution in [2.24, 2.45) is 5.41 Å². The van der Waals surface area contributed by atoms with Crippen molar-refractivity contribution >= 4 is 6.29 Å². The summed E-state index contributed by atoms with van der Waals surface area (Å²) in [4.78, 5) is 10.3. The molecule has 14 heavy (non-hydrogen) atoms. The molecule has 0 bridgehead atoms. The normalized spacial score (nSPS) is 10.9. The van der Waals surface area contributed by atoms with Gasteiger partial charge in [-0.25, -0.2) is 0 Å². The summed E-state index contributed by atoms with van der Waals surface area (Å²) in [5.41, 5.74) is -0.209. The zero-order valence-corrected chi connectivity index (χ0v) is 8.91. The third kappa shape index (κ3) is 4.40. The van der Waals surface area contributed by atoms with Crippen LogP contribution in [0.3, 0.4) is 0 Å². The van der Waals surface area contributed by atoms with Crippen LogP contribution in [0.15, 0.2) is 0 Å². The van der Waals surface area contributed by atoms with E-state index in [1.165, 1.54) is 0 Å². The third-order valence-corrected chi connectivity index (χ3v) is 2.17. The van der Waals surface area contributed by atoms with E-state index >= 15 is 0 Å². The third-order valence-electron chi connectivity index (χ3n) is 2.17. The van der Waals surface area contributed by atoms with Gasteiger partial charge in [0.15, 0.2) is 0 Å². The minimum Gasteiger partial charge on any atom is -0.384 e. The molecule has 0 saturated heterocycles. The first kappa shape index (κ1) is 13.2. The highest BCUT2D eigenvalue weighted by Crippen LogP contribution is 2.28. The Morgan fingerprint density at radius 2 is 1.93 bits per heavy atom. The van der Waals surface area contributed by atoms with Crippen molar-refractivity contribution in [3.05, 3.63) is 0 Å². The summed E-state index contributed by atoms with van der Waals surface area (Å²) in [5, 5.41) is 0. The number of methoxy groups -OCH3 is 2. The van der Waals surface area contributed by atoms with E-state index in [2.05, 4.69) is 5.92 Å². The zero-order chi connectivity index (χ0) is 10.9.